The van der Waals surface area contributed by atoms with Gasteiger partial charge in [-0.2, -0.15) is 0 Å². The standard InChI is InChI=1S/C17H13NO2S/c19-16(20)10-15-11-21-17(18-15)14-8-6-13(7-9-14)12-4-2-1-3-5-12/h1-9,11H,10H2,(H,19,20). The van der Waals surface area contributed by atoms with E-state index in [1.54, 1.807) is 5.38 Å². The predicted molar refractivity (Wildman–Crippen MR) is 84.3 cm³/mol. The number of thiazole rings is 1. The number of carboxylic acid groups (broad SMARTS) is 1. The Balaban J connectivity index is 1.84. The van der Waals surface area contributed by atoms with Crippen molar-refractivity contribution in [1.82, 2.24) is 4.98 Å². The first-order valence-electron chi connectivity index (χ1n) is 6.54. The van der Waals surface area contributed by atoms with Crippen molar-refractivity contribution in [2.75, 3.05) is 0 Å². The van der Waals surface area contributed by atoms with Gasteiger partial charge >= 0.3 is 5.97 Å². The van der Waals surface area contributed by atoms with Gasteiger partial charge in [-0.15, -0.1) is 11.3 Å². The average molecular weight is 295 g/mol. The predicted octanol–water partition coefficient (Wildman–Crippen LogP) is 4.10. The SMILES string of the molecule is O=C(O)Cc1csc(-c2ccc(-c3ccccc3)cc2)n1. The smallest absolute Gasteiger partial charge is 0.309 e. The molecule has 0 aliphatic carbocycles. The molecule has 0 unspecified atom stereocenters. The molecule has 1 aromatic heterocycles. The van der Waals surface area contributed by atoms with Gasteiger partial charge in [0.25, 0.3) is 0 Å². The Kier molecular flexibility index (Phi) is 3.79. The maximum absolute atomic E-state index is 10.7. The summed E-state index contributed by atoms with van der Waals surface area (Å²) < 4.78 is 0. The molecule has 0 aliphatic rings. The van der Waals surface area contributed by atoms with Crippen LogP contribution < -0.4 is 0 Å². The second-order valence-electron chi connectivity index (χ2n) is 4.66. The fourth-order valence-corrected chi connectivity index (χ4v) is 2.94. The summed E-state index contributed by atoms with van der Waals surface area (Å²) >= 11 is 1.47. The van der Waals surface area contributed by atoms with Gasteiger partial charge in [-0.1, -0.05) is 54.6 Å². The van der Waals surface area contributed by atoms with Crippen molar-refractivity contribution in [3.8, 4) is 21.7 Å². The lowest BCUT2D eigenvalue weighted by atomic mass is 10.0. The van der Waals surface area contributed by atoms with Crippen LogP contribution in [-0.4, -0.2) is 16.1 Å². The molecule has 0 amide bonds. The first-order chi connectivity index (χ1) is 10.2. The maximum atomic E-state index is 10.7. The topological polar surface area (TPSA) is 50.2 Å². The first kappa shape index (κ1) is 13.5. The van der Waals surface area contributed by atoms with Crippen LogP contribution in [0.25, 0.3) is 21.7 Å². The molecular formula is C17H13NO2S. The Morgan fingerprint density at radius 3 is 2.24 bits per heavy atom. The highest BCUT2D eigenvalue weighted by molar-refractivity contribution is 7.13. The molecule has 2 aromatic carbocycles. The number of aliphatic carboxylic acids is 1. The van der Waals surface area contributed by atoms with Gasteiger partial charge in [-0.05, 0) is 11.1 Å². The highest BCUT2D eigenvalue weighted by Crippen LogP contribution is 2.27. The van der Waals surface area contributed by atoms with E-state index >= 15 is 0 Å². The van der Waals surface area contributed by atoms with Crippen molar-refractivity contribution >= 4 is 17.3 Å². The number of rotatable bonds is 4. The maximum Gasteiger partial charge on any atom is 0.309 e. The zero-order valence-electron chi connectivity index (χ0n) is 11.2. The average Bonchev–Trinajstić information content (AvgIpc) is 2.96. The van der Waals surface area contributed by atoms with Crippen LogP contribution in [0.5, 0.6) is 0 Å². The van der Waals surface area contributed by atoms with E-state index in [0.717, 1.165) is 16.1 Å². The molecule has 4 heteroatoms. The van der Waals surface area contributed by atoms with E-state index in [2.05, 4.69) is 29.2 Å². The van der Waals surface area contributed by atoms with Crippen molar-refractivity contribution in [3.63, 3.8) is 0 Å². The minimum atomic E-state index is -0.855. The second-order valence-corrected chi connectivity index (χ2v) is 5.52. The van der Waals surface area contributed by atoms with Crippen molar-refractivity contribution in [3.05, 3.63) is 65.7 Å². The lowest BCUT2D eigenvalue weighted by Crippen LogP contribution is -1.99. The lowest BCUT2D eigenvalue weighted by molar-refractivity contribution is -0.136. The fraction of sp³-hybridized carbons (Fsp3) is 0.0588. The molecule has 3 aromatic rings. The third-order valence-corrected chi connectivity index (χ3v) is 4.06. The Morgan fingerprint density at radius 2 is 1.57 bits per heavy atom. The van der Waals surface area contributed by atoms with Gasteiger partial charge in [-0.3, -0.25) is 4.79 Å². The molecule has 0 saturated heterocycles. The quantitative estimate of drug-likeness (QED) is 0.788. The van der Waals surface area contributed by atoms with Gasteiger partial charge in [0.15, 0.2) is 0 Å². The van der Waals surface area contributed by atoms with Crippen molar-refractivity contribution in [2.45, 2.75) is 6.42 Å². The molecule has 1 N–H and O–H groups in total. The van der Waals surface area contributed by atoms with Crippen LogP contribution in [-0.2, 0) is 11.2 Å². The molecule has 3 rings (SSSR count). The lowest BCUT2D eigenvalue weighted by Gasteiger charge is -2.02. The monoisotopic (exact) mass is 295 g/mol. The Hall–Kier alpha value is -2.46. The second kappa shape index (κ2) is 5.89. The summed E-state index contributed by atoms with van der Waals surface area (Å²) in [6.45, 7) is 0. The molecule has 1 heterocycles. The zero-order chi connectivity index (χ0) is 14.7. The molecule has 0 fully saturated rings. The first-order valence-corrected chi connectivity index (χ1v) is 7.42. The largest absolute Gasteiger partial charge is 0.481 e. The van der Waals surface area contributed by atoms with E-state index in [1.807, 2.05) is 30.3 Å². The van der Waals surface area contributed by atoms with E-state index in [1.165, 1.54) is 16.9 Å². The van der Waals surface area contributed by atoms with Gasteiger partial charge in [0.1, 0.15) is 5.01 Å². The number of carboxylic acids is 1. The van der Waals surface area contributed by atoms with Crippen LogP contribution in [0.2, 0.25) is 0 Å². The molecule has 0 bridgehead atoms. The summed E-state index contributed by atoms with van der Waals surface area (Å²) in [4.78, 5) is 15.0. The number of hydrogen-bond acceptors (Lipinski definition) is 3. The zero-order valence-corrected chi connectivity index (χ0v) is 12.0. The molecule has 21 heavy (non-hydrogen) atoms. The Morgan fingerprint density at radius 1 is 0.952 bits per heavy atom. The number of carbonyl (C=O) groups is 1. The van der Waals surface area contributed by atoms with Crippen LogP contribution in [0, 0.1) is 0 Å². The molecule has 0 saturated carbocycles. The highest BCUT2D eigenvalue weighted by atomic mass is 32.1. The Labute approximate surface area is 126 Å². The van der Waals surface area contributed by atoms with Gasteiger partial charge in [-0.25, -0.2) is 4.98 Å². The van der Waals surface area contributed by atoms with E-state index in [0.29, 0.717) is 5.69 Å². The third-order valence-electron chi connectivity index (χ3n) is 3.12. The minimum Gasteiger partial charge on any atom is -0.481 e. The van der Waals surface area contributed by atoms with E-state index < -0.39 is 5.97 Å². The van der Waals surface area contributed by atoms with E-state index in [9.17, 15) is 4.79 Å². The molecule has 0 atom stereocenters. The van der Waals surface area contributed by atoms with Crippen LogP contribution in [0.1, 0.15) is 5.69 Å². The molecule has 3 nitrogen and oxygen atoms in total. The number of aromatic nitrogens is 1. The summed E-state index contributed by atoms with van der Waals surface area (Å²) in [7, 11) is 0. The van der Waals surface area contributed by atoms with Crippen LogP contribution in [0.3, 0.4) is 0 Å². The highest BCUT2D eigenvalue weighted by Gasteiger charge is 2.08. The van der Waals surface area contributed by atoms with Crippen LogP contribution >= 0.6 is 11.3 Å². The van der Waals surface area contributed by atoms with E-state index in [4.69, 9.17) is 5.11 Å². The fourth-order valence-electron chi connectivity index (χ4n) is 2.11. The van der Waals surface area contributed by atoms with Crippen LogP contribution in [0.15, 0.2) is 60.0 Å². The Bertz CT molecular complexity index is 748. The van der Waals surface area contributed by atoms with Gasteiger partial charge in [0, 0.05) is 10.9 Å². The van der Waals surface area contributed by atoms with Gasteiger partial charge in [0.05, 0.1) is 12.1 Å². The van der Waals surface area contributed by atoms with Crippen molar-refractivity contribution < 1.29 is 9.90 Å². The molecule has 0 radical (unpaired) electrons. The van der Waals surface area contributed by atoms with Gasteiger partial charge < -0.3 is 5.11 Å². The summed E-state index contributed by atoms with van der Waals surface area (Å²) in [6, 6.07) is 18.3. The number of nitrogens with zero attached hydrogens (tertiary/aromatic N) is 1. The van der Waals surface area contributed by atoms with Crippen molar-refractivity contribution in [2.24, 2.45) is 0 Å². The van der Waals surface area contributed by atoms with Crippen molar-refractivity contribution in [1.29, 1.82) is 0 Å². The summed E-state index contributed by atoms with van der Waals surface area (Å²) in [5, 5.41) is 11.4. The molecular weight excluding hydrogens is 282 g/mol. The van der Waals surface area contributed by atoms with E-state index in [-0.39, 0.29) is 6.42 Å². The van der Waals surface area contributed by atoms with Crippen LogP contribution in [0.4, 0.5) is 0 Å². The normalized spacial score (nSPS) is 10.5. The molecule has 104 valence electrons. The molecule has 0 spiro atoms. The van der Waals surface area contributed by atoms with Gasteiger partial charge in [0.2, 0.25) is 0 Å². The summed E-state index contributed by atoms with van der Waals surface area (Å²) in [6.07, 6.45) is -0.0292. The number of benzene rings is 2. The number of hydrogen-bond donors (Lipinski definition) is 1. The third kappa shape index (κ3) is 3.17. The summed E-state index contributed by atoms with van der Waals surface area (Å²) in [5.41, 5.74) is 3.95. The molecule has 0 aliphatic heterocycles. The minimum absolute atomic E-state index is 0.0292. The summed E-state index contributed by atoms with van der Waals surface area (Å²) in [5.74, 6) is -0.855.